The van der Waals surface area contributed by atoms with Crippen molar-refractivity contribution in [2.45, 2.75) is 18.8 Å². The lowest BCUT2D eigenvalue weighted by molar-refractivity contribution is -0.143. The summed E-state index contributed by atoms with van der Waals surface area (Å²) in [5.74, 6) is -2.20. The van der Waals surface area contributed by atoms with Crippen LogP contribution in [-0.4, -0.2) is 83.0 Å². The molecule has 2 amide bonds. The first-order valence-electron chi connectivity index (χ1n) is 15.3. The molecule has 2 heterocycles. The third kappa shape index (κ3) is 9.87. The second kappa shape index (κ2) is 15.8. The van der Waals surface area contributed by atoms with Gasteiger partial charge in [0.2, 0.25) is 5.91 Å². The number of nitrogens with one attached hydrogen (secondary N) is 1. The number of carbonyl (C=O) groups excluding carboxylic acids is 2. The van der Waals surface area contributed by atoms with Crippen molar-refractivity contribution in [2.24, 2.45) is 0 Å². The Hall–Kier alpha value is -4.45. The van der Waals surface area contributed by atoms with Crippen LogP contribution in [0.5, 0.6) is 5.75 Å². The third-order valence-electron chi connectivity index (χ3n) is 7.80. The van der Waals surface area contributed by atoms with Gasteiger partial charge in [-0.15, -0.1) is 0 Å². The van der Waals surface area contributed by atoms with Crippen molar-refractivity contribution in [1.29, 1.82) is 0 Å². The Balaban J connectivity index is 1.39. The van der Waals surface area contributed by atoms with E-state index < -0.39 is 41.3 Å². The van der Waals surface area contributed by atoms with Crippen molar-refractivity contribution in [1.82, 2.24) is 9.80 Å². The molecule has 2 fully saturated rings. The zero-order valence-electron chi connectivity index (χ0n) is 26.5. The topological polar surface area (TPSA) is 108 Å². The quantitative estimate of drug-likeness (QED) is 0.121. The first kappa shape index (κ1) is 37.8. The van der Waals surface area contributed by atoms with E-state index >= 15 is 0 Å². The van der Waals surface area contributed by atoms with Crippen molar-refractivity contribution >= 4 is 57.8 Å². The number of nitrogens with zero attached hydrogens (tertiary/aromatic N) is 2. The fourth-order valence-corrected chi connectivity index (χ4v) is 6.53. The Morgan fingerprint density at radius 3 is 2.29 bits per heavy atom. The highest BCUT2D eigenvalue weighted by molar-refractivity contribution is 8.26. The summed E-state index contributed by atoms with van der Waals surface area (Å²) in [6.07, 6.45) is -8.93. The van der Waals surface area contributed by atoms with Crippen LogP contribution in [0.25, 0.3) is 17.2 Å². The van der Waals surface area contributed by atoms with Gasteiger partial charge in [-0.3, -0.25) is 19.4 Å². The number of carbonyl (C=O) groups is 3. The van der Waals surface area contributed by atoms with E-state index in [2.05, 4.69) is 5.32 Å². The molecule has 2 aliphatic heterocycles. The van der Waals surface area contributed by atoms with Gasteiger partial charge in [0.15, 0.2) is 0 Å². The minimum atomic E-state index is -5.07. The molecule has 5 rings (SSSR count). The van der Waals surface area contributed by atoms with Gasteiger partial charge < -0.3 is 19.9 Å². The van der Waals surface area contributed by atoms with E-state index in [1.54, 1.807) is 0 Å². The number of thioether (sulfide) groups is 1. The molecule has 3 aromatic carbocycles. The van der Waals surface area contributed by atoms with E-state index in [0.29, 0.717) is 45.0 Å². The molecule has 9 nitrogen and oxygen atoms in total. The van der Waals surface area contributed by atoms with Crippen LogP contribution in [0.3, 0.4) is 0 Å². The summed E-state index contributed by atoms with van der Waals surface area (Å²) >= 11 is 6.26. The minimum Gasteiger partial charge on any atom is -0.492 e. The van der Waals surface area contributed by atoms with Gasteiger partial charge in [0.1, 0.15) is 16.7 Å². The van der Waals surface area contributed by atoms with Crippen LogP contribution in [0.1, 0.15) is 33.5 Å². The average Bonchev–Trinajstić information content (AvgIpc) is 3.34. The number of ether oxygens (including phenoxy) is 2. The third-order valence-corrected chi connectivity index (χ3v) is 9.18. The van der Waals surface area contributed by atoms with E-state index in [1.807, 2.05) is 4.90 Å². The summed E-state index contributed by atoms with van der Waals surface area (Å²) in [6, 6.07) is 11.2. The summed E-state index contributed by atoms with van der Waals surface area (Å²) in [5, 5.41) is 11.7. The number of thiocarbonyl (C=S) groups is 1. The molecular formula is C34H29F6N3O6S2. The molecule has 2 saturated heterocycles. The highest BCUT2D eigenvalue weighted by Gasteiger charge is 2.37. The van der Waals surface area contributed by atoms with E-state index in [0.717, 1.165) is 11.8 Å². The summed E-state index contributed by atoms with van der Waals surface area (Å²) in [5.41, 5.74) is -2.93. The first-order valence-corrected chi connectivity index (χ1v) is 16.6. The van der Waals surface area contributed by atoms with Crippen LogP contribution in [0.4, 0.5) is 32.0 Å². The average molecular weight is 754 g/mol. The Kier molecular flexibility index (Phi) is 11.7. The van der Waals surface area contributed by atoms with Crippen molar-refractivity contribution in [3.05, 3.63) is 87.8 Å². The van der Waals surface area contributed by atoms with Crippen molar-refractivity contribution in [3.8, 4) is 16.9 Å². The predicted octanol–water partition coefficient (Wildman–Crippen LogP) is 7.03. The maximum atomic E-state index is 13.8. The Bertz CT molecular complexity index is 1830. The zero-order valence-corrected chi connectivity index (χ0v) is 28.1. The van der Waals surface area contributed by atoms with E-state index in [-0.39, 0.29) is 68.6 Å². The molecule has 0 unspecified atom stereocenters. The highest BCUT2D eigenvalue weighted by Crippen LogP contribution is 2.42. The van der Waals surface area contributed by atoms with Gasteiger partial charge in [-0.1, -0.05) is 36.1 Å². The molecule has 0 aromatic heterocycles. The van der Waals surface area contributed by atoms with Crippen LogP contribution >= 0.6 is 24.0 Å². The number of benzene rings is 3. The summed E-state index contributed by atoms with van der Waals surface area (Å²) < 4.78 is 94.0. The molecule has 51 heavy (non-hydrogen) atoms. The lowest BCUT2D eigenvalue weighted by Crippen LogP contribution is -2.38. The van der Waals surface area contributed by atoms with Crippen molar-refractivity contribution in [2.75, 3.05) is 51.3 Å². The standard InChI is InChI=1S/C34H29F6N3O6S2/c35-33(36,37)23-16-22(17-24(19-23)34(38,39)40)26-14-20(4-5-27(26)49-13-10-42-8-11-48-12-9-42)15-28-30(45)43(32(50)51-28)7-6-29(44)41-25-3-1-2-21(18-25)31(46)47/h1-5,14-19H,6-13H2,(H,41,44)(H,46,47). The molecular weight excluding hydrogens is 725 g/mol. The SMILES string of the molecule is O=C(CCN1C(=O)C(=Cc2ccc(OCCN3CCOCC3)c(-c3cc(C(F)(F)F)cc(C(F)(F)F)c3)c2)SC1=S)Nc1cccc(C(=O)O)c1. The Morgan fingerprint density at radius 2 is 1.65 bits per heavy atom. The molecule has 2 N–H and O–H groups in total. The molecule has 2 aliphatic rings. The first-order chi connectivity index (χ1) is 24.1. The molecule has 270 valence electrons. The largest absolute Gasteiger partial charge is 0.492 e. The van der Waals surface area contributed by atoms with Gasteiger partial charge in [0.25, 0.3) is 5.91 Å². The molecule has 0 saturated carbocycles. The van der Waals surface area contributed by atoms with E-state index in [4.69, 9.17) is 26.8 Å². The van der Waals surface area contributed by atoms with Gasteiger partial charge in [-0.25, -0.2) is 4.79 Å². The molecule has 0 atom stereocenters. The second-order valence-electron chi connectivity index (χ2n) is 11.4. The number of alkyl halides is 6. The number of carboxylic acids is 1. The molecule has 0 aliphatic carbocycles. The number of rotatable bonds is 11. The molecule has 17 heteroatoms. The molecule has 0 radical (unpaired) electrons. The van der Waals surface area contributed by atoms with Gasteiger partial charge >= 0.3 is 18.3 Å². The number of hydrogen-bond acceptors (Lipinski definition) is 8. The van der Waals surface area contributed by atoms with E-state index in [1.165, 1.54) is 53.4 Å². The maximum Gasteiger partial charge on any atom is 0.416 e. The summed E-state index contributed by atoms with van der Waals surface area (Å²) in [6.45, 7) is 2.74. The maximum absolute atomic E-state index is 13.8. The summed E-state index contributed by atoms with van der Waals surface area (Å²) in [4.78, 5) is 40.4. The second-order valence-corrected chi connectivity index (χ2v) is 13.0. The lowest BCUT2D eigenvalue weighted by atomic mass is 9.96. The fourth-order valence-electron chi connectivity index (χ4n) is 5.22. The van der Waals surface area contributed by atoms with Gasteiger partial charge in [-0.05, 0) is 65.7 Å². The number of halogens is 6. The van der Waals surface area contributed by atoms with Crippen molar-refractivity contribution < 1.29 is 55.3 Å². The van der Waals surface area contributed by atoms with Crippen LogP contribution in [0.2, 0.25) is 0 Å². The molecule has 3 aromatic rings. The number of carboxylic acid groups (broad SMARTS) is 1. The Labute approximate surface area is 297 Å². The van der Waals surface area contributed by atoms with Gasteiger partial charge in [-0.2, -0.15) is 26.3 Å². The molecule has 0 bridgehead atoms. The van der Waals surface area contributed by atoms with Crippen LogP contribution in [0, 0.1) is 0 Å². The number of amides is 2. The monoisotopic (exact) mass is 753 g/mol. The minimum absolute atomic E-state index is 0.0283. The predicted molar refractivity (Wildman–Crippen MR) is 181 cm³/mol. The van der Waals surface area contributed by atoms with Gasteiger partial charge in [0.05, 0.1) is 34.8 Å². The number of morpholine rings is 1. The Morgan fingerprint density at radius 1 is 0.961 bits per heavy atom. The van der Waals surface area contributed by atoms with Crippen molar-refractivity contribution in [3.63, 3.8) is 0 Å². The zero-order chi connectivity index (χ0) is 36.9. The smallest absolute Gasteiger partial charge is 0.416 e. The van der Waals surface area contributed by atoms with Crippen LogP contribution in [0.15, 0.2) is 65.6 Å². The fraction of sp³-hybridized carbons (Fsp3) is 0.294. The van der Waals surface area contributed by atoms with Gasteiger partial charge in [0, 0.05) is 43.9 Å². The number of anilines is 1. The number of hydrogen-bond donors (Lipinski definition) is 2. The molecule has 0 spiro atoms. The van der Waals surface area contributed by atoms with Crippen LogP contribution in [-0.2, 0) is 26.7 Å². The summed E-state index contributed by atoms with van der Waals surface area (Å²) in [7, 11) is 0. The number of aromatic carboxylic acids is 1. The van der Waals surface area contributed by atoms with E-state index in [9.17, 15) is 40.7 Å². The van der Waals surface area contributed by atoms with Crippen LogP contribution < -0.4 is 10.1 Å². The highest BCUT2D eigenvalue weighted by atomic mass is 32.2. The lowest BCUT2D eigenvalue weighted by Gasteiger charge is -2.26. The normalized spacial score (nSPS) is 16.5.